The summed E-state index contributed by atoms with van der Waals surface area (Å²) in [5.41, 5.74) is 5.00. The third kappa shape index (κ3) is 4.40. The third-order valence-electron chi connectivity index (χ3n) is 4.68. The van der Waals surface area contributed by atoms with E-state index in [2.05, 4.69) is 46.5 Å². The molecule has 0 aromatic rings. The van der Waals surface area contributed by atoms with E-state index in [-0.39, 0.29) is 0 Å². The minimum absolute atomic E-state index is 0.878. The lowest BCUT2D eigenvalue weighted by atomic mass is 9.69. The Morgan fingerprint density at radius 1 is 1.28 bits per heavy atom. The fourth-order valence-electron chi connectivity index (χ4n) is 3.12. The highest BCUT2D eigenvalue weighted by molar-refractivity contribution is 4.98. The molecule has 3 atom stereocenters. The molecule has 0 aromatic heterocycles. The van der Waals surface area contributed by atoms with E-state index in [1.807, 2.05) is 0 Å². The number of nitrogens with one attached hydrogen (secondary N) is 1. The topological polar surface area (TPSA) is 12.0 Å². The molecule has 2 heteroatoms. The van der Waals surface area contributed by atoms with Gasteiger partial charge in [0, 0.05) is 7.05 Å². The molecule has 1 aliphatic rings. The van der Waals surface area contributed by atoms with Crippen LogP contribution in [-0.4, -0.2) is 25.2 Å². The Kier molecular flexibility index (Phi) is 6.37. The third-order valence-corrected chi connectivity index (χ3v) is 4.68. The SMILES string of the molecule is CCCC[N+](C)(C=C(C)CC1CCC1CC)NC. The largest absolute Gasteiger partial charge is 0.223 e. The van der Waals surface area contributed by atoms with Gasteiger partial charge in [-0.05, 0) is 50.0 Å². The van der Waals surface area contributed by atoms with Crippen LogP contribution in [0.15, 0.2) is 11.8 Å². The van der Waals surface area contributed by atoms with E-state index >= 15 is 0 Å². The van der Waals surface area contributed by atoms with Crippen molar-refractivity contribution in [2.45, 2.75) is 59.3 Å². The molecule has 0 heterocycles. The van der Waals surface area contributed by atoms with Crippen molar-refractivity contribution in [1.82, 2.24) is 5.43 Å². The maximum atomic E-state index is 3.44. The van der Waals surface area contributed by atoms with Crippen LogP contribution in [0.3, 0.4) is 0 Å². The second-order valence-corrected chi connectivity index (χ2v) is 6.25. The summed E-state index contributed by atoms with van der Waals surface area (Å²) in [6, 6.07) is 0. The van der Waals surface area contributed by atoms with Crippen LogP contribution < -0.4 is 5.43 Å². The van der Waals surface area contributed by atoms with Crippen molar-refractivity contribution in [3.8, 4) is 0 Å². The molecule has 1 rings (SSSR count). The number of unbranched alkanes of at least 4 members (excludes halogenated alkanes) is 1. The number of quaternary nitrogens is 1. The number of hydrogen-bond acceptors (Lipinski definition) is 1. The zero-order valence-corrected chi connectivity index (χ0v) is 13.1. The highest BCUT2D eigenvalue weighted by atomic mass is 15.6. The van der Waals surface area contributed by atoms with Gasteiger partial charge < -0.3 is 0 Å². The van der Waals surface area contributed by atoms with E-state index in [9.17, 15) is 0 Å². The summed E-state index contributed by atoms with van der Waals surface area (Å²) in [5, 5.41) is 0. The summed E-state index contributed by atoms with van der Waals surface area (Å²) in [7, 11) is 4.34. The first kappa shape index (κ1) is 15.7. The van der Waals surface area contributed by atoms with Gasteiger partial charge in [0.15, 0.2) is 0 Å². The van der Waals surface area contributed by atoms with Gasteiger partial charge in [-0.25, -0.2) is 4.59 Å². The molecule has 0 bridgehead atoms. The standard InChI is InChI=1S/C16H33N2/c1-6-8-11-18(5,17-4)13-14(3)12-16-10-9-15(16)7-2/h13,15-17H,6-12H2,1-5H3/q+1. The summed E-state index contributed by atoms with van der Waals surface area (Å²) in [4.78, 5) is 0. The maximum Gasteiger partial charge on any atom is 0.114 e. The molecule has 0 radical (unpaired) electrons. The van der Waals surface area contributed by atoms with E-state index in [0.29, 0.717) is 0 Å². The number of hydrogen-bond donors (Lipinski definition) is 1. The lowest BCUT2D eigenvalue weighted by Crippen LogP contribution is -2.49. The normalized spacial score (nSPS) is 27.7. The van der Waals surface area contributed by atoms with Gasteiger partial charge in [-0.2, -0.15) is 5.43 Å². The average Bonchev–Trinajstić information content (AvgIpc) is 2.33. The Balaban J connectivity index is 2.51. The fraction of sp³-hybridized carbons (Fsp3) is 0.875. The maximum absolute atomic E-state index is 3.44. The Labute approximate surface area is 114 Å². The first-order valence-electron chi connectivity index (χ1n) is 7.77. The van der Waals surface area contributed by atoms with E-state index in [1.165, 1.54) is 45.1 Å². The van der Waals surface area contributed by atoms with Crippen LogP contribution in [0.5, 0.6) is 0 Å². The molecule has 0 amide bonds. The lowest BCUT2D eigenvalue weighted by molar-refractivity contribution is -0.903. The van der Waals surface area contributed by atoms with Crippen molar-refractivity contribution < 1.29 is 4.59 Å². The Bertz CT molecular complexity index is 270. The summed E-state index contributed by atoms with van der Waals surface area (Å²) in [6.07, 6.45) is 10.6. The van der Waals surface area contributed by atoms with Crippen LogP contribution in [-0.2, 0) is 0 Å². The highest BCUT2D eigenvalue weighted by Crippen LogP contribution is 2.40. The summed E-state index contributed by atoms with van der Waals surface area (Å²) >= 11 is 0. The Morgan fingerprint density at radius 2 is 1.94 bits per heavy atom. The number of rotatable bonds is 8. The van der Waals surface area contributed by atoms with E-state index in [0.717, 1.165) is 16.4 Å². The molecule has 1 N–H and O–H groups in total. The molecule has 2 nitrogen and oxygen atoms in total. The predicted molar refractivity (Wildman–Crippen MR) is 79.9 cm³/mol. The van der Waals surface area contributed by atoms with Gasteiger partial charge in [-0.3, -0.25) is 0 Å². The summed E-state index contributed by atoms with van der Waals surface area (Å²) in [5.74, 6) is 1.96. The van der Waals surface area contributed by atoms with Crippen molar-refractivity contribution in [1.29, 1.82) is 0 Å². The zero-order chi connectivity index (χ0) is 13.6. The number of nitrogens with zero attached hydrogens (tertiary/aromatic N) is 1. The molecule has 18 heavy (non-hydrogen) atoms. The average molecular weight is 253 g/mol. The van der Waals surface area contributed by atoms with Crippen LogP contribution in [0.1, 0.15) is 59.3 Å². The molecule has 0 aliphatic heterocycles. The van der Waals surface area contributed by atoms with E-state index in [1.54, 1.807) is 5.57 Å². The molecule has 0 spiro atoms. The second kappa shape index (κ2) is 7.30. The number of allylic oxidation sites excluding steroid dienone is 1. The van der Waals surface area contributed by atoms with Gasteiger partial charge in [0.25, 0.3) is 0 Å². The van der Waals surface area contributed by atoms with Crippen LogP contribution in [0.2, 0.25) is 0 Å². The van der Waals surface area contributed by atoms with E-state index in [4.69, 9.17) is 0 Å². The summed E-state index contributed by atoms with van der Waals surface area (Å²) in [6.45, 7) is 8.10. The minimum atomic E-state index is 0.878. The molecule has 1 fully saturated rings. The molecule has 1 saturated carbocycles. The monoisotopic (exact) mass is 253 g/mol. The van der Waals surface area contributed by atoms with Crippen LogP contribution in [0.4, 0.5) is 0 Å². The van der Waals surface area contributed by atoms with Gasteiger partial charge >= 0.3 is 0 Å². The van der Waals surface area contributed by atoms with Crippen molar-refractivity contribution >= 4 is 0 Å². The van der Waals surface area contributed by atoms with Crippen molar-refractivity contribution in [3.63, 3.8) is 0 Å². The van der Waals surface area contributed by atoms with E-state index < -0.39 is 0 Å². The van der Waals surface area contributed by atoms with Gasteiger partial charge in [0.2, 0.25) is 0 Å². The second-order valence-electron chi connectivity index (χ2n) is 6.25. The first-order valence-corrected chi connectivity index (χ1v) is 7.77. The lowest BCUT2D eigenvalue weighted by Gasteiger charge is -2.37. The predicted octanol–water partition coefficient (Wildman–Crippen LogP) is 4.10. The molecular formula is C16H33N2+. The van der Waals surface area contributed by atoms with Gasteiger partial charge in [0.05, 0.1) is 7.05 Å². The van der Waals surface area contributed by atoms with Crippen LogP contribution in [0.25, 0.3) is 0 Å². The molecule has 0 saturated heterocycles. The van der Waals surface area contributed by atoms with Gasteiger partial charge in [-0.15, -0.1) is 0 Å². The first-order chi connectivity index (χ1) is 8.54. The summed E-state index contributed by atoms with van der Waals surface area (Å²) < 4.78 is 0.878. The molecule has 1 aliphatic carbocycles. The Morgan fingerprint density at radius 3 is 2.39 bits per heavy atom. The minimum Gasteiger partial charge on any atom is -0.223 e. The van der Waals surface area contributed by atoms with Crippen LogP contribution >= 0.6 is 0 Å². The van der Waals surface area contributed by atoms with Crippen molar-refractivity contribution in [2.24, 2.45) is 11.8 Å². The van der Waals surface area contributed by atoms with Crippen LogP contribution in [0, 0.1) is 11.8 Å². The molecule has 3 unspecified atom stereocenters. The fourth-order valence-corrected chi connectivity index (χ4v) is 3.12. The smallest absolute Gasteiger partial charge is 0.114 e. The molecule has 106 valence electrons. The van der Waals surface area contributed by atoms with Crippen molar-refractivity contribution in [2.75, 3.05) is 20.6 Å². The van der Waals surface area contributed by atoms with Gasteiger partial charge in [-0.1, -0.05) is 26.7 Å². The van der Waals surface area contributed by atoms with Gasteiger partial charge in [0.1, 0.15) is 12.7 Å². The van der Waals surface area contributed by atoms with Crippen molar-refractivity contribution in [3.05, 3.63) is 11.8 Å². The Hall–Kier alpha value is -0.340. The molecule has 0 aromatic carbocycles. The zero-order valence-electron chi connectivity index (χ0n) is 13.1. The quantitative estimate of drug-likeness (QED) is 0.507. The molecular weight excluding hydrogens is 220 g/mol. The highest BCUT2D eigenvalue weighted by Gasteiger charge is 2.29.